The summed E-state index contributed by atoms with van der Waals surface area (Å²) in [5, 5.41) is 4.34. The van der Waals surface area contributed by atoms with Gasteiger partial charge >= 0.3 is 0 Å². The van der Waals surface area contributed by atoms with Gasteiger partial charge in [0.05, 0.1) is 11.2 Å². The Morgan fingerprint density at radius 2 is 2.24 bits per heavy atom. The number of fused-ring (bicyclic) bond motifs is 1. The highest BCUT2D eigenvalue weighted by molar-refractivity contribution is 5.98. The van der Waals surface area contributed by atoms with Crippen molar-refractivity contribution in [3.63, 3.8) is 0 Å². The van der Waals surface area contributed by atoms with Crippen LogP contribution < -0.4 is 11.1 Å². The molecule has 2 aromatic rings. The molecule has 0 atom stereocenters. The third-order valence-electron chi connectivity index (χ3n) is 2.64. The number of hydrogen-bond acceptors (Lipinski definition) is 4. The molecule has 3 N–H and O–H groups in total. The smallest absolute Gasteiger partial charge is 0.0953 e. The van der Waals surface area contributed by atoms with Gasteiger partial charge < -0.3 is 15.8 Å². The third kappa shape index (κ3) is 2.65. The van der Waals surface area contributed by atoms with Gasteiger partial charge in [0, 0.05) is 37.5 Å². The van der Waals surface area contributed by atoms with E-state index in [1.807, 2.05) is 24.3 Å². The van der Waals surface area contributed by atoms with Gasteiger partial charge in [0.2, 0.25) is 0 Å². The summed E-state index contributed by atoms with van der Waals surface area (Å²) in [6.45, 7) is 1.62. The van der Waals surface area contributed by atoms with Gasteiger partial charge in [-0.2, -0.15) is 0 Å². The summed E-state index contributed by atoms with van der Waals surface area (Å²) in [6, 6.07) is 7.76. The van der Waals surface area contributed by atoms with E-state index < -0.39 is 0 Å². The number of nitrogens with zero attached hydrogens (tertiary/aromatic N) is 1. The molecule has 0 aliphatic heterocycles. The van der Waals surface area contributed by atoms with Crippen molar-refractivity contribution in [2.45, 2.75) is 6.42 Å². The maximum absolute atomic E-state index is 5.91. The van der Waals surface area contributed by atoms with Gasteiger partial charge in [0.1, 0.15) is 0 Å². The second kappa shape index (κ2) is 5.50. The lowest BCUT2D eigenvalue weighted by Crippen LogP contribution is -2.05. The number of nitrogens with one attached hydrogen (secondary N) is 1. The molecule has 0 aliphatic carbocycles. The first-order valence-corrected chi connectivity index (χ1v) is 5.69. The van der Waals surface area contributed by atoms with Crippen molar-refractivity contribution < 1.29 is 4.74 Å². The van der Waals surface area contributed by atoms with E-state index in [0.29, 0.717) is 0 Å². The molecule has 0 spiro atoms. The van der Waals surface area contributed by atoms with Crippen LogP contribution in [0.25, 0.3) is 10.9 Å². The van der Waals surface area contributed by atoms with Gasteiger partial charge in [-0.3, -0.25) is 4.98 Å². The molecule has 0 bridgehead atoms. The van der Waals surface area contributed by atoms with Crippen molar-refractivity contribution in [2.75, 3.05) is 31.3 Å². The van der Waals surface area contributed by atoms with E-state index in [1.165, 1.54) is 0 Å². The van der Waals surface area contributed by atoms with Crippen molar-refractivity contribution in [2.24, 2.45) is 0 Å². The Hall–Kier alpha value is -1.81. The van der Waals surface area contributed by atoms with Gasteiger partial charge in [-0.1, -0.05) is 0 Å². The lowest BCUT2D eigenvalue weighted by molar-refractivity contribution is 0.198. The molecule has 4 heteroatoms. The molecule has 0 saturated carbocycles. The number of benzene rings is 1. The first-order valence-electron chi connectivity index (χ1n) is 5.69. The minimum absolute atomic E-state index is 0.757. The number of methoxy groups -OCH3 is 1. The molecule has 0 aliphatic rings. The Balaban J connectivity index is 2.20. The molecule has 0 unspecified atom stereocenters. The Bertz CT molecular complexity index is 499. The van der Waals surface area contributed by atoms with Crippen LogP contribution in [0.2, 0.25) is 0 Å². The molecule has 1 heterocycles. The van der Waals surface area contributed by atoms with Crippen LogP contribution >= 0.6 is 0 Å². The lowest BCUT2D eigenvalue weighted by atomic mass is 10.1. The summed E-state index contributed by atoms with van der Waals surface area (Å²) in [7, 11) is 1.71. The highest BCUT2D eigenvalue weighted by atomic mass is 16.5. The highest BCUT2D eigenvalue weighted by Crippen LogP contribution is 2.25. The van der Waals surface area contributed by atoms with E-state index in [2.05, 4.69) is 10.3 Å². The zero-order valence-electron chi connectivity index (χ0n) is 9.94. The molecule has 0 saturated heterocycles. The standard InChI is InChI=1S/C13H17N3O/c1-17-9-3-8-15-12-6-5-11(14)10-4-2-7-16-13(10)12/h2,4-7,15H,3,8-9,14H2,1H3. The first kappa shape index (κ1) is 11.7. The second-order valence-corrected chi connectivity index (χ2v) is 3.88. The molecule has 1 aromatic carbocycles. The van der Waals surface area contributed by atoms with E-state index >= 15 is 0 Å². The van der Waals surface area contributed by atoms with E-state index in [9.17, 15) is 0 Å². The van der Waals surface area contributed by atoms with Crippen LogP contribution in [0.1, 0.15) is 6.42 Å². The topological polar surface area (TPSA) is 60.2 Å². The molecule has 4 nitrogen and oxygen atoms in total. The second-order valence-electron chi connectivity index (χ2n) is 3.88. The molecule has 90 valence electrons. The fourth-order valence-corrected chi connectivity index (χ4v) is 1.78. The van der Waals surface area contributed by atoms with Crippen molar-refractivity contribution >= 4 is 22.3 Å². The summed E-state index contributed by atoms with van der Waals surface area (Å²) in [5.41, 5.74) is 8.61. The largest absolute Gasteiger partial charge is 0.398 e. The zero-order valence-corrected chi connectivity index (χ0v) is 9.94. The summed E-state index contributed by atoms with van der Waals surface area (Å²) in [5.74, 6) is 0. The van der Waals surface area contributed by atoms with Crippen molar-refractivity contribution in [1.82, 2.24) is 4.98 Å². The third-order valence-corrected chi connectivity index (χ3v) is 2.64. The van der Waals surface area contributed by atoms with Crippen LogP contribution in [0.5, 0.6) is 0 Å². The number of nitrogen functional groups attached to an aromatic ring is 1. The number of pyridine rings is 1. The van der Waals surface area contributed by atoms with Crippen LogP contribution in [0.15, 0.2) is 30.5 Å². The maximum Gasteiger partial charge on any atom is 0.0953 e. The SMILES string of the molecule is COCCCNc1ccc(N)c2cccnc12. The highest BCUT2D eigenvalue weighted by Gasteiger charge is 2.03. The Kier molecular flexibility index (Phi) is 3.77. The molecule has 1 aromatic heterocycles. The summed E-state index contributed by atoms with van der Waals surface area (Å²) in [6.07, 6.45) is 2.75. The summed E-state index contributed by atoms with van der Waals surface area (Å²) < 4.78 is 5.01. The van der Waals surface area contributed by atoms with Crippen LogP contribution in [0.4, 0.5) is 11.4 Å². The fourth-order valence-electron chi connectivity index (χ4n) is 1.78. The number of rotatable bonds is 5. The van der Waals surface area contributed by atoms with Crippen molar-refractivity contribution in [1.29, 1.82) is 0 Å². The van der Waals surface area contributed by atoms with Crippen molar-refractivity contribution in [3.8, 4) is 0 Å². The Morgan fingerprint density at radius 3 is 3.06 bits per heavy atom. The predicted octanol–water partition coefficient (Wildman–Crippen LogP) is 2.27. The number of aromatic nitrogens is 1. The molecule has 17 heavy (non-hydrogen) atoms. The van der Waals surface area contributed by atoms with E-state index in [-0.39, 0.29) is 0 Å². The summed E-state index contributed by atoms with van der Waals surface area (Å²) in [4.78, 5) is 4.37. The van der Waals surface area contributed by atoms with Crippen LogP contribution in [0.3, 0.4) is 0 Å². The molecule has 0 amide bonds. The quantitative estimate of drug-likeness (QED) is 0.612. The molecular formula is C13H17N3O. The number of nitrogens with two attached hydrogens (primary N) is 1. The minimum Gasteiger partial charge on any atom is -0.398 e. The van der Waals surface area contributed by atoms with Crippen molar-refractivity contribution in [3.05, 3.63) is 30.5 Å². The van der Waals surface area contributed by atoms with Crippen LogP contribution in [-0.4, -0.2) is 25.2 Å². The molecule has 0 radical (unpaired) electrons. The van der Waals surface area contributed by atoms with E-state index in [1.54, 1.807) is 13.3 Å². The maximum atomic E-state index is 5.91. The normalized spacial score (nSPS) is 10.6. The summed E-state index contributed by atoms with van der Waals surface area (Å²) >= 11 is 0. The fraction of sp³-hybridized carbons (Fsp3) is 0.308. The Morgan fingerprint density at radius 1 is 1.35 bits per heavy atom. The minimum atomic E-state index is 0.757. The molecular weight excluding hydrogens is 214 g/mol. The number of anilines is 2. The monoisotopic (exact) mass is 231 g/mol. The first-order chi connectivity index (χ1) is 8.33. The molecule has 0 fully saturated rings. The van der Waals surface area contributed by atoms with Gasteiger partial charge in [-0.15, -0.1) is 0 Å². The predicted molar refractivity (Wildman–Crippen MR) is 71.1 cm³/mol. The zero-order chi connectivity index (χ0) is 12.1. The van der Waals surface area contributed by atoms with Gasteiger partial charge in [0.25, 0.3) is 0 Å². The lowest BCUT2D eigenvalue weighted by Gasteiger charge is -2.10. The Labute approximate surface area is 101 Å². The molecule has 2 rings (SSSR count). The number of ether oxygens (including phenoxy) is 1. The average molecular weight is 231 g/mol. The van der Waals surface area contributed by atoms with E-state index in [4.69, 9.17) is 10.5 Å². The van der Waals surface area contributed by atoms with Gasteiger partial charge in [-0.05, 0) is 30.7 Å². The van der Waals surface area contributed by atoms with Crippen LogP contribution in [-0.2, 0) is 4.74 Å². The average Bonchev–Trinajstić information content (AvgIpc) is 2.37. The van der Waals surface area contributed by atoms with E-state index in [0.717, 1.165) is 41.9 Å². The van der Waals surface area contributed by atoms with Crippen LogP contribution in [0, 0.1) is 0 Å². The van der Waals surface area contributed by atoms with Gasteiger partial charge in [-0.25, -0.2) is 0 Å². The number of hydrogen-bond donors (Lipinski definition) is 2. The van der Waals surface area contributed by atoms with Gasteiger partial charge in [0.15, 0.2) is 0 Å².